The lowest BCUT2D eigenvalue weighted by Crippen LogP contribution is -2.27. The number of ether oxygens (including phenoxy) is 1. The summed E-state index contributed by atoms with van der Waals surface area (Å²) >= 11 is 0.888. The number of nitrogens with one attached hydrogen (secondary N) is 1. The van der Waals surface area contributed by atoms with Gasteiger partial charge in [-0.2, -0.15) is 0 Å². The molecule has 0 saturated carbocycles. The molecule has 0 radical (unpaired) electrons. The molecule has 26 heavy (non-hydrogen) atoms. The normalized spacial score (nSPS) is 15.5. The van der Waals surface area contributed by atoms with Crippen molar-refractivity contribution in [3.05, 3.63) is 59.0 Å². The van der Waals surface area contributed by atoms with E-state index in [-0.39, 0.29) is 17.1 Å². The van der Waals surface area contributed by atoms with E-state index < -0.39 is 0 Å². The van der Waals surface area contributed by atoms with E-state index in [1.165, 1.54) is 6.92 Å². The van der Waals surface area contributed by atoms with Gasteiger partial charge in [0, 0.05) is 12.6 Å². The van der Waals surface area contributed by atoms with Crippen molar-refractivity contribution in [3.8, 4) is 5.75 Å². The van der Waals surface area contributed by atoms with E-state index in [0.29, 0.717) is 22.0 Å². The van der Waals surface area contributed by atoms with E-state index in [0.717, 1.165) is 22.2 Å². The monoisotopic (exact) mass is 368 g/mol. The third-order valence-corrected chi connectivity index (χ3v) is 4.50. The Hall–Kier alpha value is -3.06. The van der Waals surface area contributed by atoms with Crippen LogP contribution in [-0.4, -0.2) is 24.2 Å². The quantitative estimate of drug-likeness (QED) is 0.829. The molecule has 132 valence electrons. The summed E-state index contributed by atoms with van der Waals surface area (Å²) in [5.41, 5.74) is 1.83. The maximum Gasteiger partial charge on any atom is 0.298 e. The molecule has 2 aromatic carbocycles. The van der Waals surface area contributed by atoms with Gasteiger partial charge in [0.05, 0.1) is 17.7 Å². The molecule has 1 aliphatic heterocycles. The average molecular weight is 368 g/mol. The first-order chi connectivity index (χ1) is 12.5. The Morgan fingerprint density at radius 3 is 2.54 bits per heavy atom. The van der Waals surface area contributed by atoms with Gasteiger partial charge in [0.2, 0.25) is 5.91 Å². The van der Waals surface area contributed by atoms with Crippen molar-refractivity contribution in [1.82, 2.24) is 0 Å². The Labute approximate surface area is 154 Å². The highest BCUT2D eigenvalue weighted by atomic mass is 32.2. The maximum absolute atomic E-state index is 12.7. The van der Waals surface area contributed by atoms with Gasteiger partial charge in [-0.1, -0.05) is 12.1 Å². The zero-order valence-electron chi connectivity index (χ0n) is 14.2. The molecule has 1 aliphatic rings. The molecule has 0 unspecified atom stereocenters. The molecule has 3 amide bonds. The highest BCUT2D eigenvalue weighted by molar-refractivity contribution is 8.19. The summed E-state index contributed by atoms with van der Waals surface area (Å²) in [6, 6.07) is 13.8. The van der Waals surface area contributed by atoms with Gasteiger partial charge in [0.15, 0.2) is 0 Å². The molecule has 1 heterocycles. The zero-order chi connectivity index (χ0) is 18.7. The van der Waals surface area contributed by atoms with Crippen LogP contribution in [0.5, 0.6) is 5.75 Å². The number of carbonyl (C=O) groups excluding carboxylic acids is 3. The molecule has 2 aromatic rings. The highest BCUT2D eigenvalue weighted by Gasteiger charge is 2.36. The van der Waals surface area contributed by atoms with E-state index >= 15 is 0 Å². The summed E-state index contributed by atoms with van der Waals surface area (Å²) in [6.45, 7) is 1.41. The van der Waals surface area contributed by atoms with E-state index in [1.807, 2.05) is 12.1 Å². The van der Waals surface area contributed by atoms with Crippen LogP contribution in [-0.2, 0) is 9.59 Å². The molecule has 0 aromatic heterocycles. The van der Waals surface area contributed by atoms with Crippen LogP contribution in [0.2, 0.25) is 0 Å². The van der Waals surface area contributed by atoms with Crippen LogP contribution in [0.25, 0.3) is 6.08 Å². The number of hydrogen-bond donors (Lipinski definition) is 1. The van der Waals surface area contributed by atoms with Crippen LogP contribution in [0.3, 0.4) is 0 Å². The Bertz CT molecular complexity index is 906. The average Bonchev–Trinajstić information content (AvgIpc) is 2.89. The fraction of sp³-hybridized carbons (Fsp3) is 0.105. The predicted octanol–water partition coefficient (Wildman–Crippen LogP) is 3.89. The zero-order valence-corrected chi connectivity index (χ0v) is 15.0. The maximum atomic E-state index is 12.7. The summed E-state index contributed by atoms with van der Waals surface area (Å²) in [5.74, 6) is 0.103. The molecular weight excluding hydrogens is 352 g/mol. The number of anilines is 2. The molecule has 7 heteroatoms. The van der Waals surface area contributed by atoms with Crippen LogP contribution in [0, 0.1) is 0 Å². The Morgan fingerprint density at radius 1 is 1.15 bits per heavy atom. The first-order valence-electron chi connectivity index (χ1n) is 7.77. The Balaban J connectivity index is 1.84. The number of nitrogens with zero attached hydrogens (tertiary/aromatic N) is 1. The SMILES string of the molecule is COc1cccc(/C=C2\SC(=O)N(c3ccc(NC(C)=O)cc3)C2=O)c1. The molecule has 0 aliphatic carbocycles. The van der Waals surface area contributed by atoms with E-state index in [4.69, 9.17) is 4.74 Å². The molecule has 1 saturated heterocycles. The molecule has 0 atom stereocenters. The van der Waals surface area contributed by atoms with Crippen molar-refractivity contribution in [3.63, 3.8) is 0 Å². The minimum Gasteiger partial charge on any atom is -0.497 e. The number of imide groups is 1. The molecule has 1 fully saturated rings. The van der Waals surface area contributed by atoms with Crippen molar-refractivity contribution in [2.45, 2.75) is 6.92 Å². The smallest absolute Gasteiger partial charge is 0.298 e. The predicted molar refractivity (Wildman–Crippen MR) is 102 cm³/mol. The van der Waals surface area contributed by atoms with Crippen LogP contribution in [0.1, 0.15) is 12.5 Å². The van der Waals surface area contributed by atoms with Crippen LogP contribution < -0.4 is 15.0 Å². The van der Waals surface area contributed by atoms with Crippen molar-refractivity contribution >= 4 is 46.3 Å². The first-order valence-corrected chi connectivity index (χ1v) is 8.59. The van der Waals surface area contributed by atoms with Gasteiger partial charge < -0.3 is 10.1 Å². The number of thioether (sulfide) groups is 1. The van der Waals surface area contributed by atoms with Gasteiger partial charge in [-0.05, 0) is 59.8 Å². The Morgan fingerprint density at radius 2 is 1.88 bits per heavy atom. The van der Waals surface area contributed by atoms with Gasteiger partial charge >= 0.3 is 0 Å². The third kappa shape index (κ3) is 3.78. The standard InChI is InChI=1S/C19H16N2O4S/c1-12(22)20-14-6-8-15(9-7-14)21-18(23)17(26-19(21)24)11-13-4-3-5-16(10-13)25-2/h3-11H,1-2H3,(H,20,22)/b17-11-. The first kappa shape index (κ1) is 17.8. The molecule has 0 bridgehead atoms. The second kappa shape index (κ2) is 7.45. The van der Waals surface area contributed by atoms with Crippen LogP contribution in [0.4, 0.5) is 16.2 Å². The van der Waals surface area contributed by atoms with Crippen LogP contribution in [0.15, 0.2) is 53.4 Å². The second-order valence-electron chi connectivity index (χ2n) is 5.52. The lowest BCUT2D eigenvalue weighted by molar-refractivity contribution is -0.114. The molecule has 1 N–H and O–H groups in total. The third-order valence-electron chi connectivity index (χ3n) is 3.63. The van der Waals surface area contributed by atoms with E-state index in [9.17, 15) is 14.4 Å². The number of rotatable bonds is 4. The Kier molecular flexibility index (Phi) is 5.09. The van der Waals surface area contributed by atoms with Crippen molar-refractivity contribution in [2.75, 3.05) is 17.3 Å². The summed E-state index contributed by atoms with van der Waals surface area (Å²) in [4.78, 5) is 37.5. The number of carbonyl (C=O) groups is 3. The molecule has 6 nitrogen and oxygen atoms in total. The highest BCUT2D eigenvalue weighted by Crippen LogP contribution is 2.36. The minimum atomic E-state index is -0.380. The summed E-state index contributed by atoms with van der Waals surface area (Å²) in [5, 5.41) is 2.28. The van der Waals surface area contributed by atoms with Crippen molar-refractivity contribution < 1.29 is 19.1 Å². The summed E-state index contributed by atoms with van der Waals surface area (Å²) in [7, 11) is 1.57. The number of hydrogen-bond acceptors (Lipinski definition) is 5. The lowest BCUT2D eigenvalue weighted by Gasteiger charge is -2.13. The van der Waals surface area contributed by atoms with E-state index in [1.54, 1.807) is 49.6 Å². The van der Waals surface area contributed by atoms with Gasteiger partial charge in [-0.3, -0.25) is 14.4 Å². The van der Waals surface area contributed by atoms with Crippen molar-refractivity contribution in [2.24, 2.45) is 0 Å². The minimum absolute atomic E-state index is 0.190. The second-order valence-corrected chi connectivity index (χ2v) is 6.51. The molecular formula is C19H16N2O4S. The van der Waals surface area contributed by atoms with E-state index in [2.05, 4.69) is 5.32 Å². The van der Waals surface area contributed by atoms with Gasteiger partial charge in [0.25, 0.3) is 11.1 Å². The number of benzene rings is 2. The lowest BCUT2D eigenvalue weighted by atomic mass is 10.2. The topological polar surface area (TPSA) is 75.7 Å². The largest absolute Gasteiger partial charge is 0.497 e. The number of methoxy groups -OCH3 is 1. The fourth-order valence-electron chi connectivity index (χ4n) is 2.47. The van der Waals surface area contributed by atoms with Gasteiger partial charge in [-0.15, -0.1) is 0 Å². The summed E-state index contributed by atoms with van der Waals surface area (Å²) in [6.07, 6.45) is 1.67. The molecule has 0 spiro atoms. The molecule has 3 rings (SSSR count). The van der Waals surface area contributed by atoms with Crippen LogP contribution >= 0.6 is 11.8 Å². The van der Waals surface area contributed by atoms with Gasteiger partial charge in [0.1, 0.15) is 5.75 Å². The van der Waals surface area contributed by atoms with Crippen molar-refractivity contribution in [1.29, 1.82) is 0 Å². The van der Waals surface area contributed by atoms with Gasteiger partial charge in [-0.25, -0.2) is 4.90 Å². The summed E-state index contributed by atoms with van der Waals surface area (Å²) < 4.78 is 5.17. The number of amides is 3. The fourth-order valence-corrected chi connectivity index (χ4v) is 3.31.